The zero-order valence-electron chi connectivity index (χ0n) is 9.49. The number of ether oxygens (including phenoxy) is 1. The van der Waals surface area contributed by atoms with E-state index in [4.69, 9.17) is 4.74 Å². The van der Waals surface area contributed by atoms with E-state index in [2.05, 4.69) is 21.0 Å². The summed E-state index contributed by atoms with van der Waals surface area (Å²) >= 11 is 0. The molecule has 2 unspecified atom stereocenters. The van der Waals surface area contributed by atoms with Gasteiger partial charge < -0.3 is 9.64 Å². The first-order chi connectivity index (χ1) is 8.43. The molecular weight excluding hydrogens is 216 g/mol. The van der Waals surface area contributed by atoms with Crippen LogP contribution in [0.4, 0.5) is 5.82 Å². The summed E-state index contributed by atoms with van der Waals surface area (Å²) in [6.45, 7) is 1.67. The Hall–Kier alpha value is -1.62. The third-order valence-corrected chi connectivity index (χ3v) is 3.78. The van der Waals surface area contributed by atoms with Crippen molar-refractivity contribution >= 4 is 11.5 Å². The Balaban J connectivity index is 1.86. The van der Waals surface area contributed by atoms with Gasteiger partial charge >= 0.3 is 0 Å². The lowest BCUT2D eigenvalue weighted by molar-refractivity contribution is 0.0900. The SMILES string of the molecule is c1cc(N2C3CCC2COC3)n2nccc2n1. The fourth-order valence-electron chi connectivity index (χ4n) is 3.02. The highest BCUT2D eigenvalue weighted by Gasteiger charge is 2.38. The van der Waals surface area contributed by atoms with Crippen molar-refractivity contribution in [2.24, 2.45) is 0 Å². The minimum Gasteiger partial charge on any atom is -0.377 e. The Kier molecular flexibility index (Phi) is 1.90. The summed E-state index contributed by atoms with van der Waals surface area (Å²) in [5.41, 5.74) is 0.911. The minimum absolute atomic E-state index is 0.503. The summed E-state index contributed by atoms with van der Waals surface area (Å²) in [5.74, 6) is 1.15. The number of hydrogen-bond acceptors (Lipinski definition) is 4. The average Bonchev–Trinajstić information content (AvgIpc) is 2.92. The zero-order chi connectivity index (χ0) is 11.2. The smallest absolute Gasteiger partial charge is 0.157 e. The summed E-state index contributed by atoms with van der Waals surface area (Å²) in [6.07, 6.45) is 6.10. The lowest BCUT2D eigenvalue weighted by Gasteiger charge is -2.36. The first kappa shape index (κ1) is 9.41. The average molecular weight is 230 g/mol. The molecule has 5 nitrogen and oxygen atoms in total. The molecule has 0 amide bonds. The summed E-state index contributed by atoms with van der Waals surface area (Å²) in [4.78, 5) is 6.77. The topological polar surface area (TPSA) is 42.7 Å². The quantitative estimate of drug-likeness (QED) is 0.735. The van der Waals surface area contributed by atoms with E-state index in [1.54, 1.807) is 6.20 Å². The molecule has 2 fully saturated rings. The van der Waals surface area contributed by atoms with E-state index >= 15 is 0 Å². The van der Waals surface area contributed by atoms with Crippen molar-refractivity contribution in [3.8, 4) is 0 Å². The fraction of sp³-hybridized carbons (Fsp3) is 0.500. The van der Waals surface area contributed by atoms with Crippen molar-refractivity contribution in [1.29, 1.82) is 0 Å². The van der Waals surface area contributed by atoms with E-state index < -0.39 is 0 Å². The van der Waals surface area contributed by atoms with Gasteiger partial charge in [-0.05, 0) is 18.9 Å². The van der Waals surface area contributed by atoms with Gasteiger partial charge in [0.05, 0.1) is 31.5 Å². The molecule has 2 aromatic rings. The van der Waals surface area contributed by atoms with E-state index in [1.807, 2.05) is 16.8 Å². The van der Waals surface area contributed by atoms with Crippen LogP contribution in [-0.4, -0.2) is 39.9 Å². The van der Waals surface area contributed by atoms with Crippen LogP contribution in [0.25, 0.3) is 5.65 Å². The number of aromatic nitrogens is 3. The molecule has 2 aliphatic rings. The first-order valence-corrected chi connectivity index (χ1v) is 6.08. The zero-order valence-corrected chi connectivity index (χ0v) is 9.49. The first-order valence-electron chi connectivity index (χ1n) is 6.08. The summed E-state index contributed by atoms with van der Waals surface area (Å²) in [5, 5.41) is 4.36. The second-order valence-electron chi connectivity index (χ2n) is 4.73. The second kappa shape index (κ2) is 3.43. The molecule has 0 aromatic carbocycles. The van der Waals surface area contributed by atoms with E-state index in [-0.39, 0.29) is 0 Å². The van der Waals surface area contributed by atoms with Crippen LogP contribution in [0.15, 0.2) is 24.5 Å². The van der Waals surface area contributed by atoms with Gasteiger partial charge in [-0.15, -0.1) is 0 Å². The molecule has 2 saturated heterocycles. The highest BCUT2D eigenvalue weighted by molar-refractivity contribution is 5.51. The van der Waals surface area contributed by atoms with Crippen molar-refractivity contribution in [2.45, 2.75) is 24.9 Å². The van der Waals surface area contributed by atoms with E-state index in [1.165, 1.54) is 12.8 Å². The normalized spacial score (nSPS) is 27.9. The van der Waals surface area contributed by atoms with Crippen LogP contribution in [0.1, 0.15) is 12.8 Å². The molecule has 2 bridgehead atoms. The lowest BCUT2D eigenvalue weighted by Crippen LogP contribution is -2.46. The molecule has 0 N–H and O–H groups in total. The predicted octanol–water partition coefficient (Wildman–Crippen LogP) is 1.10. The summed E-state index contributed by atoms with van der Waals surface area (Å²) in [6, 6.07) is 5.00. The van der Waals surface area contributed by atoms with Crippen LogP contribution in [0.2, 0.25) is 0 Å². The Morgan fingerprint density at radius 2 is 1.94 bits per heavy atom. The van der Waals surface area contributed by atoms with Gasteiger partial charge in [-0.1, -0.05) is 0 Å². The van der Waals surface area contributed by atoms with Crippen LogP contribution in [0.5, 0.6) is 0 Å². The Labute approximate surface area is 99.0 Å². The molecule has 88 valence electrons. The van der Waals surface area contributed by atoms with Gasteiger partial charge in [-0.2, -0.15) is 9.61 Å². The Bertz CT molecular complexity index is 536. The van der Waals surface area contributed by atoms with Crippen molar-refractivity contribution < 1.29 is 4.74 Å². The predicted molar refractivity (Wildman–Crippen MR) is 63.1 cm³/mol. The van der Waals surface area contributed by atoms with Gasteiger partial charge in [0.15, 0.2) is 5.65 Å². The highest BCUT2D eigenvalue weighted by atomic mass is 16.5. The van der Waals surface area contributed by atoms with Crippen molar-refractivity contribution in [1.82, 2.24) is 14.6 Å². The van der Waals surface area contributed by atoms with Gasteiger partial charge in [-0.25, -0.2) is 4.98 Å². The van der Waals surface area contributed by atoms with Gasteiger partial charge in [0.2, 0.25) is 0 Å². The van der Waals surface area contributed by atoms with E-state index in [0.29, 0.717) is 12.1 Å². The van der Waals surface area contributed by atoms with Crippen LogP contribution in [-0.2, 0) is 4.74 Å². The number of nitrogens with zero attached hydrogens (tertiary/aromatic N) is 4. The van der Waals surface area contributed by atoms with Gasteiger partial charge in [0, 0.05) is 12.3 Å². The minimum atomic E-state index is 0.503. The third kappa shape index (κ3) is 1.29. The number of hydrogen-bond donors (Lipinski definition) is 0. The molecule has 4 rings (SSSR count). The molecule has 2 aliphatic heterocycles. The van der Waals surface area contributed by atoms with Gasteiger partial charge in [0.25, 0.3) is 0 Å². The Morgan fingerprint density at radius 1 is 1.12 bits per heavy atom. The number of fused-ring (bicyclic) bond motifs is 3. The lowest BCUT2D eigenvalue weighted by atomic mass is 10.2. The fourth-order valence-corrected chi connectivity index (χ4v) is 3.02. The standard InChI is InChI=1S/C12H14N4O/c1-2-10-8-17-7-9(1)15(10)12-4-5-13-11-3-6-14-16(11)12/h3-6,9-10H,1-2,7-8H2. The highest BCUT2D eigenvalue weighted by Crippen LogP contribution is 2.33. The monoisotopic (exact) mass is 230 g/mol. The summed E-state index contributed by atoms with van der Waals surface area (Å²) in [7, 11) is 0. The Morgan fingerprint density at radius 3 is 2.76 bits per heavy atom. The van der Waals surface area contributed by atoms with Crippen molar-refractivity contribution in [3.05, 3.63) is 24.5 Å². The molecule has 2 aromatic heterocycles. The maximum Gasteiger partial charge on any atom is 0.157 e. The van der Waals surface area contributed by atoms with Gasteiger partial charge in [0.1, 0.15) is 5.82 Å². The number of morpholine rings is 1. The molecule has 0 radical (unpaired) electrons. The molecule has 5 heteroatoms. The molecule has 0 saturated carbocycles. The van der Waals surface area contributed by atoms with E-state index in [0.717, 1.165) is 24.7 Å². The summed E-state index contributed by atoms with van der Waals surface area (Å²) < 4.78 is 7.54. The van der Waals surface area contributed by atoms with Gasteiger partial charge in [-0.3, -0.25) is 0 Å². The van der Waals surface area contributed by atoms with Crippen LogP contribution in [0, 0.1) is 0 Å². The van der Waals surface area contributed by atoms with Crippen LogP contribution in [0.3, 0.4) is 0 Å². The maximum atomic E-state index is 5.61. The van der Waals surface area contributed by atoms with Crippen molar-refractivity contribution in [3.63, 3.8) is 0 Å². The maximum absolute atomic E-state index is 5.61. The molecule has 0 aliphatic carbocycles. The molecular formula is C12H14N4O. The van der Waals surface area contributed by atoms with E-state index in [9.17, 15) is 0 Å². The third-order valence-electron chi connectivity index (χ3n) is 3.78. The molecule has 2 atom stereocenters. The van der Waals surface area contributed by atoms with Crippen molar-refractivity contribution in [2.75, 3.05) is 18.1 Å². The number of rotatable bonds is 1. The number of anilines is 1. The molecule has 4 heterocycles. The van der Waals surface area contributed by atoms with Crippen LogP contribution < -0.4 is 4.90 Å². The molecule has 17 heavy (non-hydrogen) atoms. The largest absolute Gasteiger partial charge is 0.377 e. The van der Waals surface area contributed by atoms with Crippen LogP contribution >= 0.6 is 0 Å². The molecule has 0 spiro atoms. The second-order valence-corrected chi connectivity index (χ2v) is 4.73.